The Hall–Kier alpha value is -3.85. The smallest absolute Gasteiger partial charge is 0.338 e. The highest BCUT2D eigenvalue weighted by Gasteiger charge is 2.33. The number of carbonyl (C=O) groups excluding carboxylic acids is 1. The molecule has 4 rings (SSSR count). The third-order valence-electron chi connectivity index (χ3n) is 5.63. The fraction of sp³-hybridized carbons (Fsp3) is 0.269. The van der Waals surface area contributed by atoms with Crippen molar-refractivity contribution in [1.29, 1.82) is 0 Å². The largest absolute Gasteiger partial charge is 0.497 e. The van der Waals surface area contributed by atoms with Crippen molar-refractivity contribution in [2.24, 2.45) is 4.99 Å². The summed E-state index contributed by atoms with van der Waals surface area (Å²) in [5.41, 5.74) is 2.04. The van der Waals surface area contributed by atoms with Gasteiger partial charge in [0.1, 0.15) is 5.75 Å². The van der Waals surface area contributed by atoms with Gasteiger partial charge in [0.05, 0.1) is 49.8 Å². The summed E-state index contributed by atoms with van der Waals surface area (Å²) in [6.07, 6.45) is 1.79. The Morgan fingerprint density at radius 1 is 1.09 bits per heavy atom. The van der Waals surface area contributed by atoms with Crippen LogP contribution in [0.2, 0.25) is 0 Å². The summed E-state index contributed by atoms with van der Waals surface area (Å²) in [6.45, 7) is 3.69. The molecule has 9 heteroatoms. The van der Waals surface area contributed by atoms with Gasteiger partial charge in [-0.15, -0.1) is 0 Å². The van der Waals surface area contributed by atoms with Gasteiger partial charge in [-0.25, -0.2) is 9.79 Å². The minimum atomic E-state index is -0.738. The molecule has 1 aliphatic heterocycles. The van der Waals surface area contributed by atoms with E-state index in [0.717, 1.165) is 5.56 Å². The highest BCUT2D eigenvalue weighted by Crippen LogP contribution is 2.36. The molecule has 1 atom stereocenters. The minimum absolute atomic E-state index is 0.203. The Labute approximate surface area is 206 Å². The van der Waals surface area contributed by atoms with E-state index in [0.29, 0.717) is 43.4 Å². The van der Waals surface area contributed by atoms with Gasteiger partial charge in [0.15, 0.2) is 16.3 Å². The second-order valence-electron chi connectivity index (χ2n) is 7.69. The van der Waals surface area contributed by atoms with Gasteiger partial charge in [0.2, 0.25) is 0 Å². The van der Waals surface area contributed by atoms with E-state index < -0.39 is 12.0 Å². The summed E-state index contributed by atoms with van der Waals surface area (Å²) >= 11 is 1.26. The van der Waals surface area contributed by atoms with Crippen molar-refractivity contribution in [3.8, 4) is 17.2 Å². The van der Waals surface area contributed by atoms with E-state index in [2.05, 4.69) is 4.99 Å². The molecule has 1 aromatic heterocycles. The van der Waals surface area contributed by atoms with Crippen LogP contribution in [0.4, 0.5) is 0 Å². The maximum absolute atomic E-state index is 13.7. The fourth-order valence-electron chi connectivity index (χ4n) is 4.01. The molecule has 0 radical (unpaired) electrons. The Balaban J connectivity index is 1.96. The van der Waals surface area contributed by atoms with Crippen LogP contribution >= 0.6 is 11.3 Å². The lowest BCUT2D eigenvalue weighted by atomic mass is 9.95. The maximum Gasteiger partial charge on any atom is 0.338 e. The average molecular weight is 495 g/mol. The normalized spacial score (nSPS) is 15.3. The van der Waals surface area contributed by atoms with E-state index in [1.165, 1.54) is 23.0 Å². The summed E-state index contributed by atoms with van der Waals surface area (Å²) in [5.74, 6) is 1.20. The zero-order valence-electron chi connectivity index (χ0n) is 20.2. The van der Waals surface area contributed by atoms with E-state index >= 15 is 0 Å². The number of ether oxygens (including phenoxy) is 4. The summed E-state index contributed by atoms with van der Waals surface area (Å²) in [4.78, 5) is 31.8. The molecule has 1 aliphatic rings. The molecule has 0 amide bonds. The van der Waals surface area contributed by atoms with Crippen LogP contribution < -0.4 is 29.1 Å². The molecule has 0 N–H and O–H groups in total. The summed E-state index contributed by atoms with van der Waals surface area (Å²) in [6, 6.07) is 12.0. The van der Waals surface area contributed by atoms with Crippen LogP contribution in [0, 0.1) is 0 Å². The van der Waals surface area contributed by atoms with Gasteiger partial charge in [-0.3, -0.25) is 9.36 Å². The third-order valence-corrected chi connectivity index (χ3v) is 6.61. The minimum Gasteiger partial charge on any atom is -0.497 e. The molecule has 8 nitrogen and oxygen atoms in total. The first-order chi connectivity index (χ1) is 16.9. The molecule has 2 heterocycles. The van der Waals surface area contributed by atoms with Gasteiger partial charge < -0.3 is 18.9 Å². The van der Waals surface area contributed by atoms with Gasteiger partial charge in [-0.1, -0.05) is 29.5 Å². The quantitative estimate of drug-likeness (QED) is 0.470. The fourth-order valence-corrected chi connectivity index (χ4v) is 5.06. The van der Waals surface area contributed by atoms with Gasteiger partial charge in [0, 0.05) is 0 Å². The first kappa shape index (κ1) is 24.3. The van der Waals surface area contributed by atoms with Crippen LogP contribution in [0.1, 0.15) is 31.0 Å². The number of allylic oxidation sites excluding steroid dienone is 1. The molecule has 0 bridgehead atoms. The Bertz CT molecular complexity index is 1480. The van der Waals surface area contributed by atoms with Crippen molar-refractivity contribution < 1.29 is 23.7 Å². The lowest BCUT2D eigenvalue weighted by molar-refractivity contribution is -0.139. The van der Waals surface area contributed by atoms with Crippen molar-refractivity contribution in [3.05, 3.63) is 84.5 Å². The molecule has 182 valence electrons. The number of hydrogen-bond acceptors (Lipinski definition) is 8. The Morgan fingerprint density at radius 3 is 2.54 bits per heavy atom. The highest BCUT2D eigenvalue weighted by atomic mass is 32.1. The van der Waals surface area contributed by atoms with Crippen molar-refractivity contribution in [2.45, 2.75) is 19.9 Å². The van der Waals surface area contributed by atoms with Crippen LogP contribution in [0.25, 0.3) is 6.08 Å². The number of benzene rings is 2. The van der Waals surface area contributed by atoms with Crippen molar-refractivity contribution >= 4 is 23.4 Å². The second-order valence-corrected chi connectivity index (χ2v) is 8.70. The standard InChI is InChI=1S/C26H26N2O6S/c1-6-34-25(30)22-15(2)27-26-28(23(22)17-10-11-19(32-4)20(14-17)33-5)24(29)21(35-26)13-16-8-7-9-18(12-16)31-3/h7-14,23H,6H2,1-5H3/b21-13-/t23-/m1/s1. The van der Waals surface area contributed by atoms with E-state index in [9.17, 15) is 9.59 Å². The molecule has 0 saturated heterocycles. The predicted molar refractivity (Wildman–Crippen MR) is 133 cm³/mol. The molecule has 0 unspecified atom stereocenters. The molecule has 3 aromatic rings. The number of aromatic nitrogens is 1. The lowest BCUT2D eigenvalue weighted by Gasteiger charge is -2.25. The molecular formula is C26H26N2O6S. The van der Waals surface area contributed by atoms with Crippen molar-refractivity contribution in [3.63, 3.8) is 0 Å². The van der Waals surface area contributed by atoms with E-state index in [4.69, 9.17) is 18.9 Å². The first-order valence-corrected chi connectivity index (χ1v) is 11.8. The summed E-state index contributed by atoms with van der Waals surface area (Å²) in [7, 11) is 4.68. The van der Waals surface area contributed by atoms with Gasteiger partial charge >= 0.3 is 5.97 Å². The number of carbonyl (C=O) groups is 1. The monoisotopic (exact) mass is 494 g/mol. The molecular weight excluding hydrogens is 468 g/mol. The van der Waals surface area contributed by atoms with Gasteiger partial charge in [-0.05, 0) is 55.3 Å². The second kappa shape index (κ2) is 10.2. The van der Waals surface area contributed by atoms with E-state index in [1.807, 2.05) is 30.3 Å². The van der Waals surface area contributed by atoms with Crippen LogP contribution in [-0.4, -0.2) is 38.5 Å². The lowest BCUT2D eigenvalue weighted by Crippen LogP contribution is -2.39. The highest BCUT2D eigenvalue weighted by molar-refractivity contribution is 7.07. The summed E-state index contributed by atoms with van der Waals surface area (Å²) in [5, 5.41) is 0. The first-order valence-electron chi connectivity index (χ1n) is 11.0. The van der Waals surface area contributed by atoms with Crippen molar-refractivity contribution in [2.75, 3.05) is 27.9 Å². The molecule has 0 fully saturated rings. The molecule has 0 spiro atoms. The number of esters is 1. The van der Waals surface area contributed by atoms with Gasteiger partial charge in [0.25, 0.3) is 5.56 Å². The van der Waals surface area contributed by atoms with Crippen LogP contribution in [0.5, 0.6) is 17.2 Å². The number of fused-ring (bicyclic) bond motifs is 1. The molecule has 35 heavy (non-hydrogen) atoms. The summed E-state index contributed by atoms with van der Waals surface area (Å²) < 4.78 is 23.5. The zero-order valence-corrected chi connectivity index (χ0v) is 21.0. The number of thiazole rings is 1. The van der Waals surface area contributed by atoms with Crippen LogP contribution in [0.15, 0.2) is 63.5 Å². The average Bonchev–Trinajstić information content (AvgIpc) is 3.17. The van der Waals surface area contributed by atoms with Crippen LogP contribution in [-0.2, 0) is 9.53 Å². The SMILES string of the molecule is CCOC(=O)C1=C(C)N=c2s/c(=C\c3cccc(OC)c3)c(=O)n2[C@@H]1c1ccc(OC)c(OC)c1. The topological polar surface area (TPSA) is 88.4 Å². The van der Waals surface area contributed by atoms with Crippen molar-refractivity contribution in [1.82, 2.24) is 4.57 Å². The zero-order chi connectivity index (χ0) is 25.1. The maximum atomic E-state index is 13.7. The number of rotatable bonds is 7. The Kier molecular flexibility index (Phi) is 7.07. The number of methoxy groups -OCH3 is 3. The third kappa shape index (κ3) is 4.59. The number of hydrogen-bond donors (Lipinski definition) is 0. The Morgan fingerprint density at radius 2 is 1.86 bits per heavy atom. The molecule has 0 aliphatic carbocycles. The van der Waals surface area contributed by atoms with E-state index in [1.54, 1.807) is 46.3 Å². The predicted octanol–water partition coefficient (Wildman–Crippen LogP) is 2.82. The van der Waals surface area contributed by atoms with E-state index in [-0.39, 0.29) is 12.2 Å². The molecule has 2 aromatic carbocycles. The number of nitrogens with zero attached hydrogens (tertiary/aromatic N) is 2. The van der Waals surface area contributed by atoms with Gasteiger partial charge in [-0.2, -0.15) is 0 Å². The molecule has 0 saturated carbocycles. The van der Waals surface area contributed by atoms with Crippen LogP contribution in [0.3, 0.4) is 0 Å².